The molecule has 0 amide bonds. The normalized spacial score (nSPS) is 11.5. The Morgan fingerprint density at radius 3 is 2.50 bits per heavy atom. The molecule has 1 aromatic carbocycles. The maximum atomic E-state index is 13.3. The van der Waals surface area contributed by atoms with Gasteiger partial charge in [0.05, 0.1) is 4.92 Å². The molecule has 0 radical (unpaired) electrons. The Morgan fingerprint density at radius 2 is 2.06 bits per heavy atom. The van der Waals surface area contributed by atoms with Crippen molar-refractivity contribution in [1.82, 2.24) is 0 Å². The fourth-order valence-corrected chi connectivity index (χ4v) is 1.21. The van der Waals surface area contributed by atoms with Gasteiger partial charge in [0, 0.05) is 18.1 Å². The molecule has 2 N–H and O–H groups in total. The summed E-state index contributed by atoms with van der Waals surface area (Å²) in [6.07, 6.45) is -0.635. The number of nitrogens with two attached hydrogens (primary N) is 1. The van der Waals surface area contributed by atoms with Crippen molar-refractivity contribution in [1.29, 1.82) is 0 Å². The number of alkyl halides is 2. The number of nitro groups is 1. The molecule has 1 aromatic rings. The molecule has 0 heterocycles. The van der Waals surface area contributed by atoms with E-state index in [1.807, 2.05) is 0 Å². The standard InChI is InChI=1S/C9H9F3N2O2/c10-7-5-6(9(11,12)3-4-13)1-2-8(7)14(15)16/h1-2,5H,3-4,13H2. The van der Waals surface area contributed by atoms with E-state index in [9.17, 15) is 23.3 Å². The largest absolute Gasteiger partial charge is 0.330 e. The third-order valence-corrected chi connectivity index (χ3v) is 2.03. The van der Waals surface area contributed by atoms with Crippen LogP contribution in [-0.2, 0) is 5.92 Å². The molecule has 16 heavy (non-hydrogen) atoms. The predicted molar refractivity (Wildman–Crippen MR) is 50.6 cm³/mol. The van der Waals surface area contributed by atoms with E-state index in [2.05, 4.69) is 0 Å². The molecule has 0 aromatic heterocycles. The minimum absolute atomic E-state index is 0.258. The summed E-state index contributed by atoms with van der Waals surface area (Å²) in [5, 5.41) is 10.3. The molecule has 0 bridgehead atoms. The van der Waals surface area contributed by atoms with Crippen molar-refractivity contribution in [2.24, 2.45) is 5.73 Å². The van der Waals surface area contributed by atoms with Crippen LogP contribution in [0.4, 0.5) is 18.9 Å². The van der Waals surface area contributed by atoms with Gasteiger partial charge in [-0.05, 0) is 18.7 Å². The lowest BCUT2D eigenvalue weighted by atomic mass is 10.0. The Balaban J connectivity index is 3.10. The lowest BCUT2D eigenvalue weighted by Gasteiger charge is -2.15. The molecule has 0 unspecified atom stereocenters. The molecule has 0 aliphatic rings. The molecule has 4 nitrogen and oxygen atoms in total. The molecule has 0 aliphatic heterocycles. The van der Waals surface area contributed by atoms with Crippen LogP contribution in [0.2, 0.25) is 0 Å². The average molecular weight is 234 g/mol. The summed E-state index contributed by atoms with van der Waals surface area (Å²) in [4.78, 5) is 9.29. The number of rotatable bonds is 4. The van der Waals surface area contributed by atoms with Crippen LogP contribution in [0.25, 0.3) is 0 Å². The Bertz CT molecular complexity index is 410. The second-order valence-corrected chi connectivity index (χ2v) is 3.17. The van der Waals surface area contributed by atoms with Crippen molar-refractivity contribution in [3.05, 3.63) is 39.7 Å². The van der Waals surface area contributed by atoms with Gasteiger partial charge in [0.15, 0.2) is 0 Å². The molecule has 1 rings (SSSR count). The van der Waals surface area contributed by atoms with Crippen molar-refractivity contribution in [2.75, 3.05) is 6.54 Å². The third kappa shape index (κ3) is 2.48. The second kappa shape index (κ2) is 4.48. The molecular formula is C9H9F3N2O2. The van der Waals surface area contributed by atoms with Gasteiger partial charge in [-0.2, -0.15) is 4.39 Å². The number of nitrogens with zero attached hydrogens (tertiary/aromatic N) is 1. The average Bonchev–Trinajstić information content (AvgIpc) is 2.16. The summed E-state index contributed by atoms with van der Waals surface area (Å²) in [6, 6.07) is 2.01. The smallest absolute Gasteiger partial charge is 0.304 e. The van der Waals surface area contributed by atoms with Crippen LogP contribution in [0.5, 0.6) is 0 Å². The maximum Gasteiger partial charge on any atom is 0.304 e. The first-order valence-electron chi connectivity index (χ1n) is 4.41. The first kappa shape index (κ1) is 12.4. The Labute approximate surface area is 89.0 Å². The van der Waals surface area contributed by atoms with Crippen molar-refractivity contribution >= 4 is 5.69 Å². The summed E-state index contributed by atoms with van der Waals surface area (Å²) in [5.74, 6) is -4.55. The summed E-state index contributed by atoms with van der Waals surface area (Å²) >= 11 is 0. The van der Waals surface area contributed by atoms with Crippen LogP contribution in [-0.4, -0.2) is 11.5 Å². The zero-order chi connectivity index (χ0) is 12.3. The summed E-state index contributed by atoms with van der Waals surface area (Å²) in [6.45, 7) is -0.258. The fourth-order valence-electron chi connectivity index (χ4n) is 1.21. The van der Waals surface area contributed by atoms with Crippen LogP contribution in [0, 0.1) is 15.9 Å². The topological polar surface area (TPSA) is 69.2 Å². The van der Waals surface area contributed by atoms with Crippen LogP contribution in [0.3, 0.4) is 0 Å². The van der Waals surface area contributed by atoms with Gasteiger partial charge in [-0.1, -0.05) is 0 Å². The first-order chi connectivity index (χ1) is 7.38. The zero-order valence-corrected chi connectivity index (χ0v) is 8.12. The van der Waals surface area contributed by atoms with Crippen molar-refractivity contribution in [2.45, 2.75) is 12.3 Å². The highest BCUT2D eigenvalue weighted by atomic mass is 19.3. The quantitative estimate of drug-likeness (QED) is 0.641. The van der Waals surface area contributed by atoms with Crippen LogP contribution < -0.4 is 5.73 Å². The van der Waals surface area contributed by atoms with Crippen molar-refractivity contribution in [3.63, 3.8) is 0 Å². The van der Waals surface area contributed by atoms with Crippen LogP contribution in [0.1, 0.15) is 12.0 Å². The van der Waals surface area contributed by atoms with E-state index < -0.39 is 34.3 Å². The molecule has 0 fully saturated rings. The number of hydrogen-bond acceptors (Lipinski definition) is 3. The van der Waals surface area contributed by atoms with Gasteiger partial charge in [0.2, 0.25) is 5.82 Å². The number of nitro benzene ring substituents is 1. The predicted octanol–water partition coefficient (Wildman–Crippen LogP) is 2.17. The Morgan fingerprint density at radius 1 is 1.44 bits per heavy atom. The minimum atomic E-state index is -3.27. The highest BCUT2D eigenvalue weighted by Gasteiger charge is 2.32. The lowest BCUT2D eigenvalue weighted by molar-refractivity contribution is -0.387. The van der Waals surface area contributed by atoms with E-state index in [0.717, 1.165) is 12.1 Å². The van der Waals surface area contributed by atoms with Crippen LogP contribution >= 0.6 is 0 Å². The summed E-state index contributed by atoms with van der Waals surface area (Å²) < 4.78 is 39.6. The number of hydrogen-bond donors (Lipinski definition) is 1. The highest BCUT2D eigenvalue weighted by Crippen LogP contribution is 2.33. The molecule has 88 valence electrons. The number of benzene rings is 1. The monoisotopic (exact) mass is 234 g/mol. The van der Waals surface area contributed by atoms with Gasteiger partial charge < -0.3 is 5.73 Å². The van der Waals surface area contributed by atoms with E-state index in [4.69, 9.17) is 5.73 Å². The molecule has 0 saturated carbocycles. The lowest BCUT2D eigenvalue weighted by Crippen LogP contribution is -2.18. The second-order valence-electron chi connectivity index (χ2n) is 3.17. The minimum Gasteiger partial charge on any atom is -0.330 e. The van der Waals surface area contributed by atoms with E-state index in [1.165, 1.54) is 0 Å². The van der Waals surface area contributed by atoms with Gasteiger partial charge in [-0.25, -0.2) is 8.78 Å². The maximum absolute atomic E-state index is 13.3. The molecule has 7 heteroatoms. The van der Waals surface area contributed by atoms with E-state index in [-0.39, 0.29) is 6.54 Å². The highest BCUT2D eigenvalue weighted by molar-refractivity contribution is 5.36. The van der Waals surface area contributed by atoms with Gasteiger partial charge >= 0.3 is 5.69 Å². The SMILES string of the molecule is NCCC(F)(F)c1ccc([N+](=O)[O-])c(F)c1. The first-order valence-corrected chi connectivity index (χ1v) is 4.41. The van der Waals surface area contributed by atoms with E-state index >= 15 is 0 Å². The van der Waals surface area contributed by atoms with Crippen molar-refractivity contribution < 1.29 is 18.1 Å². The fraction of sp³-hybridized carbons (Fsp3) is 0.333. The molecule has 0 spiro atoms. The van der Waals surface area contributed by atoms with Gasteiger partial charge in [0.1, 0.15) is 0 Å². The zero-order valence-electron chi connectivity index (χ0n) is 8.12. The summed E-state index contributed by atoms with van der Waals surface area (Å²) in [7, 11) is 0. The Kier molecular flexibility index (Phi) is 3.48. The third-order valence-electron chi connectivity index (χ3n) is 2.03. The van der Waals surface area contributed by atoms with E-state index in [0.29, 0.717) is 6.07 Å². The molecular weight excluding hydrogens is 225 g/mol. The van der Waals surface area contributed by atoms with Crippen LogP contribution in [0.15, 0.2) is 18.2 Å². The number of halogens is 3. The van der Waals surface area contributed by atoms with Gasteiger partial charge in [-0.3, -0.25) is 10.1 Å². The molecule has 0 saturated heterocycles. The van der Waals surface area contributed by atoms with Gasteiger partial charge in [0.25, 0.3) is 5.92 Å². The van der Waals surface area contributed by atoms with Crippen molar-refractivity contribution in [3.8, 4) is 0 Å². The summed E-state index contributed by atoms with van der Waals surface area (Å²) in [5.41, 5.74) is 3.55. The van der Waals surface area contributed by atoms with E-state index in [1.54, 1.807) is 0 Å². The molecule has 0 atom stereocenters. The van der Waals surface area contributed by atoms with Gasteiger partial charge in [-0.15, -0.1) is 0 Å². The molecule has 0 aliphatic carbocycles. The Hall–Kier alpha value is -1.63.